The molecule has 1 atom stereocenters. The van der Waals surface area contributed by atoms with Crippen LogP contribution in [0.5, 0.6) is 0 Å². The molecule has 1 rings (SSSR count). The number of nitrogens with one attached hydrogen (secondary N) is 2. The predicted molar refractivity (Wildman–Crippen MR) is 45.9 cm³/mol. The fourth-order valence-electron chi connectivity index (χ4n) is 1.27. The second-order valence-electron chi connectivity index (χ2n) is 2.98. The summed E-state index contributed by atoms with van der Waals surface area (Å²) in [5.74, 6) is -0.0620. The number of carbonyl (C=O) groups is 1. The van der Waals surface area contributed by atoms with E-state index in [0.717, 1.165) is 13.0 Å². The number of carbonyl (C=O) groups excluding carboxylic acids is 1. The standard InChI is InChI=1S/C8H16N2O2/c1-9-8(11)6-12-5-7-3-2-4-10-7/h7,10H,2-6H2,1H3,(H,9,11)/t7-/m0/s1. The highest BCUT2D eigenvalue weighted by molar-refractivity contribution is 5.76. The van der Waals surface area contributed by atoms with E-state index in [2.05, 4.69) is 10.6 Å². The van der Waals surface area contributed by atoms with E-state index in [1.165, 1.54) is 6.42 Å². The Hall–Kier alpha value is -0.610. The minimum Gasteiger partial charge on any atom is -0.370 e. The molecule has 2 N–H and O–H groups in total. The maximum absolute atomic E-state index is 10.7. The van der Waals surface area contributed by atoms with Crippen LogP contribution in [0.4, 0.5) is 0 Å². The van der Waals surface area contributed by atoms with Gasteiger partial charge in [0.05, 0.1) is 6.61 Å². The van der Waals surface area contributed by atoms with Crippen molar-refractivity contribution in [3.05, 3.63) is 0 Å². The van der Waals surface area contributed by atoms with Crippen molar-refractivity contribution in [3.8, 4) is 0 Å². The van der Waals surface area contributed by atoms with Crippen LogP contribution >= 0.6 is 0 Å². The highest BCUT2D eigenvalue weighted by atomic mass is 16.5. The van der Waals surface area contributed by atoms with Crippen LogP contribution in [0.25, 0.3) is 0 Å². The molecule has 0 spiro atoms. The summed E-state index contributed by atoms with van der Waals surface area (Å²) in [7, 11) is 1.61. The maximum Gasteiger partial charge on any atom is 0.245 e. The van der Waals surface area contributed by atoms with Crippen LogP contribution < -0.4 is 10.6 Å². The monoisotopic (exact) mass is 172 g/mol. The number of hydrogen-bond donors (Lipinski definition) is 2. The quantitative estimate of drug-likeness (QED) is 0.601. The molecule has 0 aromatic carbocycles. The lowest BCUT2D eigenvalue weighted by Gasteiger charge is -2.09. The fourth-order valence-corrected chi connectivity index (χ4v) is 1.27. The van der Waals surface area contributed by atoms with Crippen molar-refractivity contribution in [1.29, 1.82) is 0 Å². The minimum absolute atomic E-state index is 0.0620. The largest absolute Gasteiger partial charge is 0.370 e. The minimum atomic E-state index is -0.0620. The number of hydrogen-bond acceptors (Lipinski definition) is 3. The highest BCUT2D eigenvalue weighted by Crippen LogP contribution is 2.04. The van der Waals surface area contributed by atoms with E-state index >= 15 is 0 Å². The van der Waals surface area contributed by atoms with Gasteiger partial charge in [-0.15, -0.1) is 0 Å². The molecule has 1 aliphatic rings. The molecule has 4 heteroatoms. The number of likely N-dealkylation sites (N-methyl/N-ethyl adjacent to an activating group) is 1. The summed E-state index contributed by atoms with van der Waals surface area (Å²) < 4.78 is 5.20. The van der Waals surface area contributed by atoms with Crippen molar-refractivity contribution in [1.82, 2.24) is 10.6 Å². The smallest absolute Gasteiger partial charge is 0.245 e. The zero-order chi connectivity index (χ0) is 8.81. The first-order valence-electron chi connectivity index (χ1n) is 4.34. The summed E-state index contributed by atoms with van der Waals surface area (Å²) in [6.07, 6.45) is 2.38. The van der Waals surface area contributed by atoms with Gasteiger partial charge in [0.25, 0.3) is 0 Å². The molecule has 70 valence electrons. The normalized spacial score (nSPS) is 22.6. The van der Waals surface area contributed by atoms with Crippen LogP contribution in [0, 0.1) is 0 Å². The second-order valence-corrected chi connectivity index (χ2v) is 2.98. The Balaban J connectivity index is 1.97. The van der Waals surface area contributed by atoms with Crippen LogP contribution in [0.3, 0.4) is 0 Å². The lowest BCUT2D eigenvalue weighted by molar-refractivity contribution is -0.125. The molecule has 0 unspecified atom stereocenters. The van der Waals surface area contributed by atoms with Crippen LogP contribution in [-0.4, -0.2) is 38.8 Å². The SMILES string of the molecule is CNC(=O)COC[C@@H]1CCCN1. The van der Waals surface area contributed by atoms with E-state index in [1.54, 1.807) is 7.05 Å². The van der Waals surface area contributed by atoms with Crippen molar-refractivity contribution in [2.75, 3.05) is 26.8 Å². The summed E-state index contributed by atoms with van der Waals surface area (Å²) in [5.41, 5.74) is 0. The van der Waals surface area contributed by atoms with Crippen LogP contribution in [0.1, 0.15) is 12.8 Å². The lowest BCUT2D eigenvalue weighted by Crippen LogP contribution is -2.30. The van der Waals surface area contributed by atoms with Crippen molar-refractivity contribution >= 4 is 5.91 Å². The first-order chi connectivity index (χ1) is 5.83. The molecule has 1 heterocycles. The Kier molecular flexibility index (Phi) is 4.04. The summed E-state index contributed by atoms with van der Waals surface area (Å²) in [6, 6.07) is 0.453. The average Bonchev–Trinajstić information content (AvgIpc) is 2.57. The van der Waals surface area contributed by atoms with Gasteiger partial charge in [-0.3, -0.25) is 4.79 Å². The highest BCUT2D eigenvalue weighted by Gasteiger charge is 2.13. The van der Waals surface area contributed by atoms with E-state index < -0.39 is 0 Å². The number of ether oxygens (including phenoxy) is 1. The topological polar surface area (TPSA) is 50.4 Å². The Bertz CT molecular complexity index is 144. The van der Waals surface area contributed by atoms with Gasteiger partial charge in [-0.25, -0.2) is 0 Å². The summed E-state index contributed by atoms with van der Waals surface area (Å²) in [6.45, 7) is 1.90. The Labute approximate surface area is 72.7 Å². The van der Waals surface area contributed by atoms with Gasteiger partial charge in [0, 0.05) is 13.1 Å². The van der Waals surface area contributed by atoms with Crippen molar-refractivity contribution in [2.24, 2.45) is 0 Å². The van der Waals surface area contributed by atoms with Crippen LogP contribution in [-0.2, 0) is 9.53 Å². The van der Waals surface area contributed by atoms with E-state index in [4.69, 9.17) is 4.74 Å². The first-order valence-corrected chi connectivity index (χ1v) is 4.34. The lowest BCUT2D eigenvalue weighted by atomic mass is 10.2. The molecule has 1 amide bonds. The third-order valence-electron chi connectivity index (χ3n) is 1.99. The molecular weight excluding hydrogens is 156 g/mol. The van der Waals surface area contributed by atoms with Gasteiger partial charge >= 0.3 is 0 Å². The van der Waals surface area contributed by atoms with E-state index in [1.807, 2.05) is 0 Å². The fraction of sp³-hybridized carbons (Fsp3) is 0.875. The average molecular weight is 172 g/mol. The zero-order valence-corrected chi connectivity index (χ0v) is 7.43. The van der Waals surface area contributed by atoms with Gasteiger partial charge in [-0.2, -0.15) is 0 Å². The molecule has 1 saturated heterocycles. The van der Waals surface area contributed by atoms with Gasteiger partial charge in [-0.1, -0.05) is 0 Å². The molecule has 0 bridgehead atoms. The van der Waals surface area contributed by atoms with E-state index in [0.29, 0.717) is 12.6 Å². The molecule has 0 aromatic heterocycles. The van der Waals surface area contributed by atoms with Crippen molar-refractivity contribution in [3.63, 3.8) is 0 Å². The molecule has 0 radical (unpaired) electrons. The Morgan fingerprint density at radius 1 is 1.75 bits per heavy atom. The van der Waals surface area contributed by atoms with Gasteiger partial charge in [0.2, 0.25) is 5.91 Å². The molecule has 1 aliphatic heterocycles. The first kappa shape index (κ1) is 9.48. The molecule has 0 saturated carbocycles. The third-order valence-corrected chi connectivity index (χ3v) is 1.99. The predicted octanol–water partition coefficient (Wildman–Crippen LogP) is -0.499. The third kappa shape index (κ3) is 3.19. The Morgan fingerprint density at radius 2 is 2.58 bits per heavy atom. The molecule has 0 aromatic rings. The van der Waals surface area contributed by atoms with Gasteiger partial charge in [0.1, 0.15) is 6.61 Å². The molecular formula is C8H16N2O2. The Morgan fingerprint density at radius 3 is 3.17 bits per heavy atom. The molecule has 12 heavy (non-hydrogen) atoms. The van der Waals surface area contributed by atoms with Crippen LogP contribution in [0.15, 0.2) is 0 Å². The van der Waals surface area contributed by atoms with E-state index in [9.17, 15) is 4.79 Å². The molecule has 4 nitrogen and oxygen atoms in total. The molecule has 1 fully saturated rings. The van der Waals surface area contributed by atoms with Crippen molar-refractivity contribution in [2.45, 2.75) is 18.9 Å². The summed E-state index contributed by atoms with van der Waals surface area (Å²) >= 11 is 0. The van der Waals surface area contributed by atoms with Gasteiger partial charge in [-0.05, 0) is 19.4 Å². The number of rotatable bonds is 4. The van der Waals surface area contributed by atoms with E-state index in [-0.39, 0.29) is 12.5 Å². The summed E-state index contributed by atoms with van der Waals surface area (Å²) in [5, 5.41) is 5.80. The molecule has 0 aliphatic carbocycles. The number of amides is 1. The van der Waals surface area contributed by atoms with Gasteiger partial charge < -0.3 is 15.4 Å². The summed E-state index contributed by atoms with van der Waals surface area (Å²) in [4.78, 5) is 10.7. The maximum atomic E-state index is 10.7. The van der Waals surface area contributed by atoms with Gasteiger partial charge in [0.15, 0.2) is 0 Å². The van der Waals surface area contributed by atoms with Crippen LogP contribution in [0.2, 0.25) is 0 Å². The zero-order valence-electron chi connectivity index (χ0n) is 7.43. The second kappa shape index (κ2) is 5.11. The van der Waals surface area contributed by atoms with Crippen molar-refractivity contribution < 1.29 is 9.53 Å².